The van der Waals surface area contributed by atoms with Crippen LogP contribution in [0.4, 0.5) is 11.5 Å². The van der Waals surface area contributed by atoms with E-state index in [9.17, 15) is 14.9 Å². The first-order valence-electron chi connectivity index (χ1n) is 5.71. The Labute approximate surface area is 117 Å². The maximum atomic E-state index is 11.3. The van der Waals surface area contributed by atoms with Gasteiger partial charge in [-0.1, -0.05) is 0 Å². The van der Waals surface area contributed by atoms with Crippen molar-refractivity contribution in [1.29, 1.82) is 0 Å². The Morgan fingerprint density at radius 1 is 1.55 bits per heavy atom. The third-order valence-electron chi connectivity index (χ3n) is 2.42. The highest BCUT2D eigenvalue weighted by atomic mass is 32.2. The summed E-state index contributed by atoms with van der Waals surface area (Å²) in [6.45, 7) is 2.54. The van der Waals surface area contributed by atoms with Gasteiger partial charge in [0.25, 0.3) is 0 Å². The van der Waals surface area contributed by atoms with Crippen molar-refractivity contribution in [2.45, 2.75) is 17.1 Å². The van der Waals surface area contributed by atoms with Crippen molar-refractivity contribution < 1.29 is 4.92 Å². The molecule has 9 nitrogen and oxygen atoms in total. The van der Waals surface area contributed by atoms with E-state index in [1.54, 1.807) is 0 Å². The van der Waals surface area contributed by atoms with Crippen molar-refractivity contribution in [3.05, 3.63) is 32.7 Å². The Bertz CT molecular complexity index is 695. The summed E-state index contributed by atoms with van der Waals surface area (Å²) >= 11 is 0.958. The third-order valence-corrected chi connectivity index (χ3v) is 3.46. The molecule has 10 heteroatoms. The van der Waals surface area contributed by atoms with Gasteiger partial charge in [0.2, 0.25) is 0 Å². The lowest BCUT2D eigenvalue weighted by Crippen LogP contribution is -2.13. The molecule has 0 aromatic carbocycles. The Morgan fingerprint density at radius 3 is 2.85 bits per heavy atom. The van der Waals surface area contributed by atoms with Gasteiger partial charge in [-0.05, 0) is 24.8 Å². The minimum Gasteiger partial charge on any atom is -0.370 e. The molecule has 0 unspecified atom stereocenters. The zero-order valence-electron chi connectivity index (χ0n) is 10.8. The molecule has 0 spiro atoms. The number of hydrogen-bond acceptors (Lipinski definition) is 7. The number of nitrogens with zero attached hydrogens (tertiary/aromatic N) is 4. The highest BCUT2D eigenvalue weighted by molar-refractivity contribution is 7.99. The molecule has 0 aliphatic rings. The summed E-state index contributed by atoms with van der Waals surface area (Å²) < 4.78 is 1.26. The first kappa shape index (κ1) is 14.1. The van der Waals surface area contributed by atoms with E-state index in [1.165, 1.54) is 23.7 Å². The van der Waals surface area contributed by atoms with Gasteiger partial charge in [0.05, 0.1) is 4.92 Å². The number of nitro groups is 1. The zero-order valence-corrected chi connectivity index (χ0v) is 11.6. The first-order valence-corrected chi connectivity index (χ1v) is 6.53. The molecule has 0 fully saturated rings. The molecule has 0 aliphatic carbocycles. The molecule has 2 N–H and O–H groups in total. The molecule has 0 amide bonds. The van der Waals surface area contributed by atoms with Crippen LogP contribution in [0.1, 0.15) is 6.92 Å². The second-order valence-corrected chi connectivity index (χ2v) is 4.74. The van der Waals surface area contributed by atoms with E-state index in [1.807, 2.05) is 6.92 Å². The number of hydrogen-bond donors (Lipinski definition) is 2. The molecule has 2 aromatic rings. The SMILES string of the molecule is CCNc1ccc([N+](=O)[O-])c(Sc2n[nH]c(=O)n2C)n1. The van der Waals surface area contributed by atoms with Gasteiger partial charge in [-0.15, -0.1) is 5.10 Å². The van der Waals surface area contributed by atoms with Gasteiger partial charge in [0, 0.05) is 19.7 Å². The minimum absolute atomic E-state index is 0.132. The zero-order chi connectivity index (χ0) is 14.7. The van der Waals surface area contributed by atoms with Crippen LogP contribution in [0, 0.1) is 10.1 Å². The molecule has 0 radical (unpaired) electrons. The predicted molar refractivity (Wildman–Crippen MR) is 73.0 cm³/mol. The van der Waals surface area contributed by atoms with Crippen LogP contribution < -0.4 is 11.0 Å². The van der Waals surface area contributed by atoms with Crippen LogP contribution in [0.2, 0.25) is 0 Å². The predicted octanol–water partition coefficient (Wildman–Crippen LogP) is 0.995. The summed E-state index contributed by atoms with van der Waals surface area (Å²) in [7, 11) is 1.52. The summed E-state index contributed by atoms with van der Waals surface area (Å²) in [6.07, 6.45) is 0. The van der Waals surface area contributed by atoms with E-state index >= 15 is 0 Å². The molecule has 2 aromatic heterocycles. The lowest BCUT2D eigenvalue weighted by atomic mass is 10.4. The van der Waals surface area contributed by atoms with Crippen molar-refractivity contribution >= 4 is 23.3 Å². The molecule has 20 heavy (non-hydrogen) atoms. The topological polar surface area (TPSA) is 119 Å². The number of rotatable bonds is 5. The lowest BCUT2D eigenvalue weighted by molar-refractivity contribution is -0.388. The van der Waals surface area contributed by atoms with Crippen LogP contribution in [0.25, 0.3) is 0 Å². The summed E-state index contributed by atoms with van der Waals surface area (Å²) in [6, 6.07) is 2.91. The van der Waals surface area contributed by atoms with Crippen LogP contribution >= 0.6 is 11.8 Å². The van der Waals surface area contributed by atoms with Gasteiger partial charge in [0.1, 0.15) is 5.82 Å². The molecular formula is C10H12N6O3S. The summed E-state index contributed by atoms with van der Waals surface area (Å²) in [5.41, 5.74) is -0.523. The van der Waals surface area contributed by atoms with Gasteiger partial charge in [0.15, 0.2) is 10.2 Å². The van der Waals surface area contributed by atoms with E-state index in [-0.39, 0.29) is 10.7 Å². The Morgan fingerprint density at radius 2 is 2.30 bits per heavy atom. The number of H-pyrrole nitrogens is 1. The van der Waals surface area contributed by atoms with E-state index in [0.29, 0.717) is 17.5 Å². The fraction of sp³-hybridized carbons (Fsp3) is 0.300. The summed E-state index contributed by atoms with van der Waals surface area (Å²) in [5, 5.41) is 20.5. The average molecular weight is 296 g/mol. The second-order valence-electron chi connectivity index (χ2n) is 3.78. The van der Waals surface area contributed by atoms with E-state index in [4.69, 9.17) is 0 Å². The van der Waals surface area contributed by atoms with E-state index in [2.05, 4.69) is 20.5 Å². The molecular weight excluding hydrogens is 284 g/mol. The quantitative estimate of drug-likeness (QED) is 0.623. The van der Waals surface area contributed by atoms with Gasteiger partial charge >= 0.3 is 11.4 Å². The highest BCUT2D eigenvalue weighted by Crippen LogP contribution is 2.32. The first-order chi connectivity index (χ1) is 9.52. The van der Waals surface area contributed by atoms with Crippen molar-refractivity contribution in [3.8, 4) is 0 Å². The molecule has 106 valence electrons. The Hall–Kier alpha value is -2.36. The van der Waals surface area contributed by atoms with Crippen LogP contribution in [0.3, 0.4) is 0 Å². The van der Waals surface area contributed by atoms with E-state index < -0.39 is 10.6 Å². The van der Waals surface area contributed by atoms with Gasteiger partial charge < -0.3 is 5.32 Å². The molecule has 0 saturated heterocycles. The standard InChI is InChI=1S/C10H12N6O3S/c1-3-11-7-5-4-6(16(18)19)8(12-7)20-10-14-13-9(17)15(10)2/h4-5H,3H2,1-2H3,(H,11,12)(H,13,17). The fourth-order valence-electron chi connectivity index (χ4n) is 1.44. The molecule has 0 atom stereocenters. The fourth-order valence-corrected chi connectivity index (χ4v) is 2.31. The molecule has 0 bridgehead atoms. The van der Waals surface area contributed by atoms with Gasteiger partial charge in [-0.25, -0.2) is 14.9 Å². The maximum absolute atomic E-state index is 11.3. The lowest BCUT2D eigenvalue weighted by Gasteiger charge is -2.05. The minimum atomic E-state index is -0.518. The third kappa shape index (κ3) is 2.79. The van der Waals surface area contributed by atoms with E-state index in [0.717, 1.165) is 11.8 Å². The maximum Gasteiger partial charge on any atom is 0.343 e. The summed E-state index contributed by atoms with van der Waals surface area (Å²) in [4.78, 5) is 25.9. The van der Waals surface area contributed by atoms with Crippen molar-refractivity contribution in [1.82, 2.24) is 19.7 Å². The van der Waals surface area contributed by atoms with Crippen molar-refractivity contribution in [2.24, 2.45) is 7.05 Å². The van der Waals surface area contributed by atoms with Crippen LogP contribution in [-0.4, -0.2) is 31.2 Å². The number of aromatic nitrogens is 4. The van der Waals surface area contributed by atoms with Crippen LogP contribution in [-0.2, 0) is 7.05 Å². The number of anilines is 1. The molecule has 2 heterocycles. The molecule has 2 rings (SSSR count). The van der Waals surface area contributed by atoms with Crippen LogP contribution in [0.15, 0.2) is 27.1 Å². The number of aromatic amines is 1. The van der Waals surface area contributed by atoms with Crippen molar-refractivity contribution in [2.75, 3.05) is 11.9 Å². The number of nitrogens with one attached hydrogen (secondary N) is 2. The monoisotopic (exact) mass is 296 g/mol. The average Bonchev–Trinajstić information content (AvgIpc) is 2.71. The van der Waals surface area contributed by atoms with Gasteiger partial charge in [-0.3, -0.25) is 14.7 Å². The summed E-state index contributed by atoms with van der Waals surface area (Å²) in [5.74, 6) is 0.529. The smallest absolute Gasteiger partial charge is 0.343 e. The Kier molecular flexibility index (Phi) is 4.03. The van der Waals surface area contributed by atoms with Gasteiger partial charge in [-0.2, -0.15) is 0 Å². The second kappa shape index (κ2) is 5.74. The normalized spacial score (nSPS) is 10.5. The largest absolute Gasteiger partial charge is 0.370 e. The molecule has 0 aliphatic heterocycles. The van der Waals surface area contributed by atoms with Crippen LogP contribution in [0.5, 0.6) is 0 Å². The number of pyridine rings is 1. The molecule has 0 saturated carbocycles. The Balaban J connectivity index is 2.42. The van der Waals surface area contributed by atoms with Crippen molar-refractivity contribution in [3.63, 3.8) is 0 Å². The highest BCUT2D eigenvalue weighted by Gasteiger charge is 2.19.